The first-order valence-electron chi connectivity index (χ1n) is 9.89. The average molecular weight is 472 g/mol. The predicted octanol–water partition coefficient (Wildman–Crippen LogP) is 3.07. The van der Waals surface area contributed by atoms with Gasteiger partial charge in [-0.05, 0) is 56.1 Å². The molecule has 7 nitrogen and oxygen atoms in total. The fraction of sp³-hybridized carbons (Fsp3) is 0.500. The van der Waals surface area contributed by atoms with Gasteiger partial charge in [-0.3, -0.25) is 19.7 Å². The van der Waals surface area contributed by atoms with Crippen LogP contribution in [0.5, 0.6) is 0 Å². The molecule has 0 spiro atoms. The van der Waals surface area contributed by atoms with Crippen LogP contribution in [0.3, 0.4) is 0 Å². The van der Waals surface area contributed by atoms with E-state index in [9.17, 15) is 14.4 Å². The minimum absolute atomic E-state index is 0.0522. The van der Waals surface area contributed by atoms with Gasteiger partial charge in [0.15, 0.2) is 5.11 Å². The Hall–Kier alpha value is -1.90. The smallest absolute Gasteiger partial charge is 0.308 e. The largest absolute Gasteiger partial charge is 0.462 e. The SMILES string of the molecule is O=C(CC1C(=O)NCCN1C(=S)NC(=O)c1ccc(Cl)cc1Cl)OC1CCCCC1. The molecular formula is C20H23Cl2N3O4S. The fourth-order valence-corrected chi connectivity index (χ4v) is 4.45. The minimum atomic E-state index is -0.844. The second-order valence-electron chi connectivity index (χ2n) is 7.34. The predicted molar refractivity (Wildman–Crippen MR) is 118 cm³/mol. The number of halogens is 2. The van der Waals surface area contributed by atoms with E-state index in [1.165, 1.54) is 17.0 Å². The molecule has 1 aromatic carbocycles. The first-order chi connectivity index (χ1) is 14.3. The van der Waals surface area contributed by atoms with Gasteiger partial charge in [0.2, 0.25) is 5.91 Å². The van der Waals surface area contributed by atoms with Crippen LogP contribution in [0.4, 0.5) is 0 Å². The van der Waals surface area contributed by atoms with Gasteiger partial charge < -0.3 is 15.0 Å². The summed E-state index contributed by atoms with van der Waals surface area (Å²) in [6.45, 7) is 0.714. The maximum Gasteiger partial charge on any atom is 0.308 e. The Morgan fingerprint density at radius 1 is 1.23 bits per heavy atom. The van der Waals surface area contributed by atoms with E-state index in [0.29, 0.717) is 18.1 Å². The number of hydrogen-bond donors (Lipinski definition) is 2. The molecule has 30 heavy (non-hydrogen) atoms. The molecule has 1 aliphatic carbocycles. The highest BCUT2D eigenvalue weighted by Gasteiger charge is 2.35. The lowest BCUT2D eigenvalue weighted by Gasteiger charge is -2.36. The summed E-state index contributed by atoms with van der Waals surface area (Å²) >= 11 is 17.3. The monoisotopic (exact) mass is 471 g/mol. The van der Waals surface area contributed by atoms with E-state index >= 15 is 0 Å². The van der Waals surface area contributed by atoms with E-state index in [0.717, 1.165) is 32.1 Å². The number of nitrogens with one attached hydrogen (secondary N) is 2. The summed E-state index contributed by atoms with van der Waals surface area (Å²) in [6.07, 6.45) is 4.70. The Morgan fingerprint density at radius 3 is 2.67 bits per heavy atom. The van der Waals surface area contributed by atoms with Crippen LogP contribution in [0, 0.1) is 0 Å². The lowest BCUT2D eigenvalue weighted by Crippen LogP contribution is -2.60. The molecule has 1 saturated carbocycles. The molecule has 2 amide bonds. The maximum absolute atomic E-state index is 12.6. The number of carbonyl (C=O) groups excluding carboxylic acids is 3. The van der Waals surface area contributed by atoms with E-state index < -0.39 is 17.9 Å². The van der Waals surface area contributed by atoms with Crippen molar-refractivity contribution in [2.24, 2.45) is 0 Å². The van der Waals surface area contributed by atoms with E-state index in [4.69, 9.17) is 40.2 Å². The maximum atomic E-state index is 12.6. The number of piperazine rings is 1. The van der Waals surface area contributed by atoms with Gasteiger partial charge in [-0.15, -0.1) is 0 Å². The second-order valence-corrected chi connectivity index (χ2v) is 8.57. The average Bonchev–Trinajstić information content (AvgIpc) is 2.70. The highest BCUT2D eigenvalue weighted by molar-refractivity contribution is 7.80. The number of nitrogens with zero attached hydrogens (tertiary/aromatic N) is 1. The zero-order valence-electron chi connectivity index (χ0n) is 16.3. The molecule has 1 unspecified atom stereocenters. The van der Waals surface area contributed by atoms with Crippen LogP contribution in [-0.2, 0) is 14.3 Å². The third kappa shape index (κ3) is 5.83. The van der Waals surface area contributed by atoms with Crippen molar-refractivity contribution in [3.8, 4) is 0 Å². The zero-order chi connectivity index (χ0) is 21.7. The first kappa shape index (κ1) is 22.8. The van der Waals surface area contributed by atoms with Gasteiger partial charge in [0.05, 0.1) is 17.0 Å². The number of benzene rings is 1. The number of amides is 2. The van der Waals surface area contributed by atoms with Gasteiger partial charge in [-0.2, -0.15) is 0 Å². The normalized spacial score (nSPS) is 19.7. The van der Waals surface area contributed by atoms with Crippen molar-refractivity contribution >= 4 is 58.3 Å². The Bertz CT molecular complexity index is 845. The summed E-state index contributed by atoms with van der Waals surface area (Å²) in [4.78, 5) is 38.9. The molecule has 3 rings (SSSR count). The van der Waals surface area contributed by atoms with Gasteiger partial charge in [0.25, 0.3) is 5.91 Å². The lowest BCUT2D eigenvalue weighted by molar-refractivity contribution is -0.153. The number of ether oxygens (including phenoxy) is 1. The van der Waals surface area contributed by atoms with Crippen LogP contribution in [-0.4, -0.2) is 53.0 Å². The lowest BCUT2D eigenvalue weighted by atomic mass is 9.98. The number of hydrogen-bond acceptors (Lipinski definition) is 5. The minimum Gasteiger partial charge on any atom is -0.462 e. The third-order valence-corrected chi connectivity index (χ3v) is 6.08. The van der Waals surface area contributed by atoms with Gasteiger partial charge in [-0.25, -0.2) is 0 Å². The van der Waals surface area contributed by atoms with Gasteiger partial charge in [0, 0.05) is 18.1 Å². The molecule has 2 aliphatic rings. The summed E-state index contributed by atoms with van der Waals surface area (Å²) in [7, 11) is 0. The van der Waals surface area contributed by atoms with Crippen LogP contribution >= 0.6 is 35.4 Å². The van der Waals surface area contributed by atoms with Crippen LogP contribution in [0.15, 0.2) is 18.2 Å². The summed E-state index contributed by atoms with van der Waals surface area (Å²) in [5.74, 6) is -1.29. The van der Waals surface area contributed by atoms with E-state index in [1.807, 2.05) is 0 Å². The van der Waals surface area contributed by atoms with Crippen molar-refractivity contribution in [1.29, 1.82) is 0 Å². The fourth-order valence-electron chi connectivity index (χ4n) is 3.65. The molecule has 1 heterocycles. The quantitative estimate of drug-likeness (QED) is 0.518. The highest BCUT2D eigenvalue weighted by atomic mass is 35.5. The van der Waals surface area contributed by atoms with E-state index in [-0.39, 0.29) is 34.1 Å². The summed E-state index contributed by atoms with van der Waals surface area (Å²) in [6, 6.07) is 3.65. The van der Waals surface area contributed by atoms with E-state index in [1.54, 1.807) is 6.07 Å². The van der Waals surface area contributed by atoms with Crippen molar-refractivity contribution in [3.05, 3.63) is 33.8 Å². The van der Waals surface area contributed by atoms with Crippen molar-refractivity contribution in [2.45, 2.75) is 50.7 Å². The van der Waals surface area contributed by atoms with Crippen molar-refractivity contribution in [1.82, 2.24) is 15.5 Å². The van der Waals surface area contributed by atoms with Crippen molar-refractivity contribution in [3.63, 3.8) is 0 Å². The number of esters is 1. The molecule has 0 aromatic heterocycles. The molecule has 1 aliphatic heterocycles. The first-order valence-corrected chi connectivity index (χ1v) is 11.1. The van der Waals surface area contributed by atoms with Crippen LogP contribution in [0.2, 0.25) is 10.0 Å². The molecule has 2 N–H and O–H groups in total. The molecule has 1 atom stereocenters. The van der Waals surface area contributed by atoms with Gasteiger partial charge in [-0.1, -0.05) is 29.6 Å². The molecule has 162 valence electrons. The van der Waals surface area contributed by atoms with Crippen LogP contribution in [0.1, 0.15) is 48.9 Å². The van der Waals surface area contributed by atoms with Crippen molar-refractivity contribution < 1.29 is 19.1 Å². The van der Waals surface area contributed by atoms with Gasteiger partial charge >= 0.3 is 5.97 Å². The number of carbonyl (C=O) groups is 3. The molecule has 1 saturated heterocycles. The Kier molecular flexibility index (Phi) is 7.91. The van der Waals surface area contributed by atoms with E-state index in [2.05, 4.69) is 10.6 Å². The third-order valence-electron chi connectivity index (χ3n) is 5.20. The Morgan fingerprint density at radius 2 is 1.97 bits per heavy atom. The number of rotatable bonds is 4. The molecule has 2 fully saturated rings. The Balaban J connectivity index is 1.64. The number of thiocarbonyl (C=S) groups is 1. The topological polar surface area (TPSA) is 87.7 Å². The van der Waals surface area contributed by atoms with Gasteiger partial charge in [0.1, 0.15) is 12.1 Å². The second kappa shape index (κ2) is 10.4. The molecule has 0 bridgehead atoms. The van der Waals surface area contributed by atoms with Crippen LogP contribution in [0.25, 0.3) is 0 Å². The summed E-state index contributed by atoms with van der Waals surface area (Å²) < 4.78 is 5.54. The molecule has 1 aromatic rings. The standard InChI is InChI=1S/C20H23Cl2N3O4S/c21-12-6-7-14(15(22)10-12)18(27)24-20(30)25-9-8-23-19(28)16(25)11-17(26)29-13-4-2-1-3-5-13/h6-7,10,13,16H,1-5,8-9,11H2,(H,23,28)(H,24,27,30). The molecular weight excluding hydrogens is 449 g/mol. The zero-order valence-corrected chi connectivity index (χ0v) is 18.6. The highest BCUT2D eigenvalue weighted by Crippen LogP contribution is 2.22. The van der Waals surface area contributed by atoms with Crippen LogP contribution < -0.4 is 10.6 Å². The summed E-state index contributed by atoms with van der Waals surface area (Å²) in [5.41, 5.74) is 0.207. The van der Waals surface area contributed by atoms with Crippen molar-refractivity contribution in [2.75, 3.05) is 13.1 Å². The Labute approximate surface area is 190 Å². The molecule has 10 heteroatoms. The molecule has 0 radical (unpaired) electrons. The summed E-state index contributed by atoms with van der Waals surface area (Å²) in [5, 5.41) is 5.96.